The van der Waals surface area contributed by atoms with Crippen LogP contribution in [0.3, 0.4) is 0 Å². The first-order valence-corrected chi connectivity index (χ1v) is 5.79. The van der Waals surface area contributed by atoms with E-state index in [4.69, 9.17) is 4.74 Å². The summed E-state index contributed by atoms with van der Waals surface area (Å²) in [6.45, 7) is 1.59. The van der Waals surface area contributed by atoms with Crippen LogP contribution in [0.15, 0.2) is 24.3 Å². The summed E-state index contributed by atoms with van der Waals surface area (Å²) in [7, 11) is 2.76. The zero-order valence-corrected chi connectivity index (χ0v) is 10.9. The van der Waals surface area contributed by atoms with Crippen molar-refractivity contribution >= 4 is 16.9 Å². The van der Waals surface area contributed by atoms with Crippen LogP contribution in [0.2, 0.25) is 0 Å². The largest absolute Gasteiger partial charge is 0.481 e. The van der Waals surface area contributed by atoms with E-state index in [1.165, 1.54) is 20.3 Å². The number of ether oxygens (including phenoxy) is 2. The molecule has 0 saturated carbocycles. The van der Waals surface area contributed by atoms with Gasteiger partial charge in [0.05, 0.1) is 25.7 Å². The Balaban J connectivity index is 2.69. The summed E-state index contributed by atoms with van der Waals surface area (Å²) in [4.78, 5) is 15.8. The van der Waals surface area contributed by atoms with E-state index in [1.54, 1.807) is 25.1 Å². The second-order valence-electron chi connectivity index (χ2n) is 4.13. The third kappa shape index (κ3) is 2.36. The van der Waals surface area contributed by atoms with Crippen molar-refractivity contribution in [2.75, 3.05) is 14.2 Å². The molecule has 2 aromatic rings. The summed E-state index contributed by atoms with van der Waals surface area (Å²) in [5, 5.41) is 0.743. The van der Waals surface area contributed by atoms with Gasteiger partial charge in [-0.2, -0.15) is 0 Å². The first-order chi connectivity index (χ1) is 9.08. The summed E-state index contributed by atoms with van der Waals surface area (Å²) in [6.07, 6.45) is 0. The van der Waals surface area contributed by atoms with E-state index in [-0.39, 0.29) is 5.56 Å². The Labute approximate surface area is 110 Å². The van der Waals surface area contributed by atoms with Crippen molar-refractivity contribution in [3.05, 3.63) is 35.6 Å². The molecule has 19 heavy (non-hydrogen) atoms. The number of benzene rings is 1. The number of pyridine rings is 1. The molecule has 100 valence electrons. The molecule has 0 fully saturated rings. The van der Waals surface area contributed by atoms with Gasteiger partial charge in [0.2, 0.25) is 5.88 Å². The number of halogens is 1. The summed E-state index contributed by atoms with van der Waals surface area (Å²) >= 11 is 0. The number of aromatic nitrogens is 1. The van der Waals surface area contributed by atoms with Crippen LogP contribution in [0.1, 0.15) is 18.4 Å². The fourth-order valence-corrected chi connectivity index (χ4v) is 1.99. The molecule has 0 amide bonds. The molecule has 1 unspecified atom stereocenters. The van der Waals surface area contributed by atoms with Crippen LogP contribution in [-0.4, -0.2) is 25.2 Å². The molecule has 1 aromatic carbocycles. The van der Waals surface area contributed by atoms with Gasteiger partial charge in [-0.1, -0.05) is 0 Å². The Morgan fingerprint density at radius 1 is 1.26 bits per heavy atom. The molecule has 5 heteroatoms. The van der Waals surface area contributed by atoms with Gasteiger partial charge in [0, 0.05) is 17.0 Å². The zero-order chi connectivity index (χ0) is 14.0. The van der Waals surface area contributed by atoms with Gasteiger partial charge in [-0.25, -0.2) is 9.37 Å². The van der Waals surface area contributed by atoms with Crippen LogP contribution >= 0.6 is 0 Å². The second kappa shape index (κ2) is 5.22. The van der Waals surface area contributed by atoms with E-state index >= 15 is 0 Å². The number of carbonyl (C=O) groups is 1. The number of rotatable bonds is 3. The van der Waals surface area contributed by atoms with E-state index in [0.29, 0.717) is 11.4 Å². The maximum Gasteiger partial charge on any atom is 0.313 e. The van der Waals surface area contributed by atoms with Crippen LogP contribution in [0.5, 0.6) is 5.88 Å². The van der Waals surface area contributed by atoms with E-state index in [0.717, 1.165) is 5.39 Å². The van der Waals surface area contributed by atoms with Crippen LogP contribution in [0.25, 0.3) is 10.9 Å². The molecule has 0 aliphatic carbocycles. The van der Waals surface area contributed by atoms with Crippen molar-refractivity contribution in [1.82, 2.24) is 4.98 Å². The van der Waals surface area contributed by atoms with E-state index in [1.807, 2.05) is 0 Å². The Kier molecular flexibility index (Phi) is 3.64. The Hall–Kier alpha value is -2.17. The highest BCUT2D eigenvalue weighted by atomic mass is 19.1. The van der Waals surface area contributed by atoms with Crippen molar-refractivity contribution in [3.63, 3.8) is 0 Å². The van der Waals surface area contributed by atoms with Crippen molar-refractivity contribution in [3.8, 4) is 5.88 Å². The summed E-state index contributed by atoms with van der Waals surface area (Å²) < 4.78 is 23.7. The smallest absolute Gasteiger partial charge is 0.313 e. The molecular weight excluding hydrogens is 249 g/mol. The van der Waals surface area contributed by atoms with E-state index in [2.05, 4.69) is 9.72 Å². The highest BCUT2D eigenvalue weighted by Gasteiger charge is 2.23. The lowest BCUT2D eigenvalue weighted by molar-refractivity contribution is -0.142. The van der Waals surface area contributed by atoms with Crippen LogP contribution in [0.4, 0.5) is 4.39 Å². The highest BCUT2D eigenvalue weighted by Crippen LogP contribution is 2.29. The number of hydrogen-bond donors (Lipinski definition) is 0. The van der Waals surface area contributed by atoms with Crippen LogP contribution < -0.4 is 4.74 Å². The lowest BCUT2D eigenvalue weighted by atomic mass is 9.97. The van der Waals surface area contributed by atoms with Gasteiger partial charge in [-0.05, 0) is 25.1 Å². The molecule has 0 aliphatic heterocycles. The lowest BCUT2D eigenvalue weighted by Gasteiger charge is -2.13. The minimum absolute atomic E-state index is 0.225. The van der Waals surface area contributed by atoms with Gasteiger partial charge < -0.3 is 9.47 Å². The monoisotopic (exact) mass is 263 g/mol. The van der Waals surface area contributed by atoms with Gasteiger partial charge in [0.1, 0.15) is 5.82 Å². The second-order valence-corrected chi connectivity index (χ2v) is 4.13. The molecule has 0 saturated heterocycles. The fourth-order valence-electron chi connectivity index (χ4n) is 1.99. The van der Waals surface area contributed by atoms with E-state index in [9.17, 15) is 9.18 Å². The van der Waals surface area contributed by atoms with Crippen molar-refractivity contribution in [1.29, 1.82) is 0 Å². The molecule has 1 atom stereocenters. The molecular formula is C14H14FNO3. The lowest BCUT2D eigenvalue weighted by Crippen LogP contribution is -2.13. The number of fused-ring (bicyclic) bond motifs is 1. The molecule has 1 aromatic heterocycles. The molecule has 0 N–H and O–H groups in total. The maximum absolute atomic E-state index is 14.0. The molecule has 0 bridgehead atoms. The Bertz CT molecular complexity index is 627. The standard InChI is InChI=1S/C14H14FNO3/c1-8(14(17)19-3)12-10(15)6-4-9-5-7-11(18-2)16-13(9)12/h4-8H,1-3H3. The predicted octanol–water partition coefficient (Wildman–Crippen LogP) is 2.66. The summed E-state index contributed by atoms with van der Waals surface area (Å²) in [5.74, 6) is -1.34. The van der Waals surface area contributed by atoms with Gasteiger partial charge in [0.15, 0.2) is 0 Å². The predicted molar refractivity (Wildman–Crippen MR) is 68.7 cm³/mol. The molecule has 4 nitrogen and oxygen atoms in total. The van der Waals surface area contributed by atoms with Gasteiger partial charge in [-0.3, -0.25) is 4.79 Å². The molecule has 2 rings (SSSR count). The number of esters is 1. The molecule has 0 spiro atoms. The minimum Gasteiger partial charge on any atom is -0.481 e. The zero-order valence-electron chi connectivity index (χ0n) is 10.9. The Morgan fingerprint density at radius 2 is 1.95 bits per heavy atom. The van der Waals surface area contributed by atoms with Gasteiger partial charge in [0.25, 0.3) is 0 Å². The molecule has 0 aliphatic rings. The topological polar surface area (TPSA) is 48.4 Å². The van der Waals surface area contributed by atoms with Crippen LogP contribution in [-0.2, 0) is 9.53 Å². The van der Waals surface area contributed by atoms with Crippen molar-refractivity contribution in [2.24, 2.45) is 0 Å². The number of methoxy groups -OCH3 is 2. The fraction of sp³-hybridized carbons (Fsp3) is 0.286. The number of nitrogens with zero attached hydrogens (tertiary/aromatic N) is 1. The van der Waals surface area contributed by atoms with E-state index < -0.39 is 17.7 Å². The molecule has 0 radical (unpaired) electrons. The highest BCUT2D eigenvalue weighted by molar-refractivity contribution is 5.88. The summed E-state index contributed by atoms with van der Waals surface area (Å²) in [6, 6.07) is 6.40. The van der Waals surface area contributed by atoms with Crippen molar-refractivity contribution < 1.29 is 18.7 Å². The maximum atomic E-state index is 14.0. The van der Waals surface area contributed by atoms with Gasteiger partial charge >= 0.3 is 5.97 Å². The first kappa shape index (κ1) is 13.3. The van der Waals surface area contributed by atoms with Crippen molar-refractivity contribution in [2.45, 2.75) is 12.8 Å². The first-order valence-electron chi connectivity index (χ1n) is 5.79. The van der Waals surface area contributed by atoms with Crippen LogP contribution in [0, 0.1) is 5.82 Å². The normalized spacial score (nSPS) is 12.2. The quantitative estimate of drug-likeness (QED) is 0.799. The van der Waals surface area contributed by atoms with Gasteiger partial charge in [-0.15, -0.1) is 0 Å². The SMILES string of the molecule is COC(=O)C(C)c1c(F)ccc2ccc(OC)nc12. The minimum atomic E-state index is -0.728. The average molecular weight is 263 g/mol. The summed E-state index contributed by atoms with van der Waals surface area (Å²) in [5.41, 5.74) is 0.639. The Morgan fingerprint density at radius 3 is 2.58 bits per heavy atom. The third-order valence-corrected chi connectivity index (χ3v) is 3.02. The number of carbonyl (C=O) groups excluding carboxylic acids is 1. The number of hydrogen-bond acceptors (Lipinski definition) is 4. The molecule has 1 heterocycles. The average Bonchev–Trinajstić information content (AvgIpc) is 2.44. The third-order valence-electron chi connectivity index (χ3n) is 3.02.